The maximum atomic E-state index is 5.36. The smallest absolute Gasteiger partial charge is 0.00484 e. The van der Waals surface area contributed by atoms with E-state index in [1.165, 1.54) is 5.54 Å². The first-order valence-corrected chi connectivity index (χ1v) is 4.74. The summed E-state index contributed by atoms with van der Waals surface area (Å²) in [7, 11) is 0. The second kappa shape index (κ2) is 8.33. The monoisotopic (exact) mass is 206 g/mol. The molecule has 14 heavy (non-hydrogen) atoms. The van der Waals surface area contributed by atoms with Crippen molar-refractivity contribution < 1.29 is 0 Å². The first-order chi connectivity index (χ1) is 6.70. The Morgan fingerprint density at radius 2 is 1.79 bits per heavy atom. The Labute approximate surface area is 91.2 Å². The highest BCUT2D eigenvalue weighted by Gasteiger charge is 1.78. The molecule has 0 spiro atoms. The van der Waals surface area contributed by atoms with Gasteiger partial charge in [-0.05, 0) is 18.6 Å². The Hall–Kier alpha value is -1.27. The number of hydrogen-bond donors (Lipinski definition) is 0. The van der Waals surface area contributed by atoms with Crippen LogP contribution in [0.3, 0.4) is 0 Å². The lowest BCUT2D eigenvalue weighted by molar-refractivity contribution is 1.58. The van der Waals surface area contributed by atoms with Gasteiger partial charge in [0, 0.05) is 5.54 Å². The van der Waals surface area contributed by atoms with Crippen molar-refractivity contribution in [1.82, 2.24) is 0 Å². The minimum absolute atomic E-state index is 1.02. The molecule has 0 radical (unpaired) electrons. The lowest BCUT2D eigenvalue weighted by atomic mass is 10.2. The van der Waals surface area contributed by atoms with Crippen molar-refractivity contribution in [3.05, 3.63) is 66.2 Å². The van der Waals surface area contributed by atoms with Crippen molar-refractivity contribution in [2.75, 3.05) is 0 Å². The Morgan fingerprint density at radius 3 is 2.14 bits per heavy atom. The van der Waals surface area contributed by atoms with Crippen molar-refractivity contribution in [2.45, 2.75) is 6.92 Å². The number of allylic oxidation sites excluding steroid dienone is 2. The molecule has 1 aromatic rings. The van der Waals surface area contributed by atoms with Crippen LogP contribution < -0.4 is 0 Å². The third-order valence-electron chi connectivity index (χ3n) is 1.40. The molecular weight excluding hydrogens is 192 g/mol. The zero-order valence-electron chi connectivity index (χ0n) is 8.41. The van der Waals surface area contributed by atoms with Gasteiger partial charge in [-0.25, -0.2) is 0 Å². The van der Waals surface area contributed by atoms with Crippen LogP contribution in [0.5, 0.6) is 0 Å². The number of halogens is 1. The van der Waals surface area contributed by atoms with Crippen molar-refractivity contribution >= 4 is 17.7 Å². The number of hydrogen-bond acceptors (Lipinski definition) is 0. The fourth-order valence-corrected chi connectivity index (χ4v) is 0.782. The van der Waals surface area contributed by atoms with E-state index < -0.39 is 0 Å². The molecule has 0 nitrogen and oxygen atoms in total. The Kier molecular flexibility index (Phi) is 7.58. The molecule has 0 bridgehead atoms. The third-order valence-corrected chi connectivity index (χ3v) is 1.53. The molecule has 0 saturated carbocycles. The van der Waals surface area contributed by atoms with E-state index in [2.05, 4.69) is 13.2 Å². The summed E-state index contributed by atoms with van der Waals surface area (Å²) in [5.74, 6) is 0. The van der Waals surface area contributed by atoms with Crippen LogP contribution in [0.25, 0.3) is 6.08 Å². The maximum absolute atomic E-state index is 5.36. The second-order valence-electron chi connectivity index (χ2n) is 2.75. The summed E-state index contributed by atoms with van der Waals surface area (Å²) in [5, 5.41) is 0. The van der Waals surface area contributed by atoms with E-state index in [0.29, 0.717) is 0 Å². The summed E-state index contributed by atoms with van der Waals surface area (Å²) < 4.78 is 0. The van der Waals surface area contributed by atoms with Crippen LogP contribution in [0.15, 0.2) is 60.7 Å². The molecular formula is C13H15Cl. The predicted octanol–water partition coefficient (Wildman–Crippen LogP) is 4.64. The van der Waals surface area contributed by atoms with E-state index in [9.17, 15) is 0 Å². The van der Waals surface area contributed by atoms with Gasteiger partial charge in [-0.15, -0.1) is 0 Å². The van der Waals surface area contributed by atoms with Gasteiger partial charge in [-0.1, -0.05) is 66.7 Å². The van der Waals surface area contributed by atoms with Crippen LogP contribution in [0, 0.1) is 0 Å². The second-order valence-corrected chi connectivity index (χ2v) is 3.01. The van der Waals surface area contributed by atoms with Crippen LogP contribution in [0.2, 0.25) is 0 Å². The number of rotatable bonds is 2. The molecule has 1 heteroatoms. The molecule has 1 rings (SSSR count). The standard InChI is InChI=1S/C8H7Cl.C5H8/c9-7-6-8-4-2-1-3-5-8;1-4-5(2)3/h1-7H;4H,1-2H2,3H3. The molecule has 0 aliphatic heterocycles. The third kappa shape index (κ3) is 7.38. The van der Waals surface area contributed by atoms with Crippen molar-refractivity contribution in [1.29, 1.82) is 0 Å². The molecule has 0 atom stereocenters. The summed E-state index contributed by atoms with van der Waals surface area (Å²) in [4.78, 5) is 0. The van der Waals surface area contributed by atoms with Gasteiger partial charge in [-0.2, -0.15) is 0 Å². The lowest BCUT2D eigenvalue weighted by Gasteiger charge is -1.86. The average molecular weight is 207 g/mol. The summed E-state index contributed by atoms with van der Waals surface area (Å²) in [6.07, 6.45) is 3.57. The molecule has 0 amide bonds. The van der Waals surface area contributed by atoms with E-state index in [-0.39, 0.29) is 0 Å². The molecule has 0 aliphatic carbocycles. The van der Waals surface area contributed by atoms with Crippen LogP contribution in [-0.4, -0.2) is 0 Å². The Bertz CT molecular complexity index is 296. The fourth-order valence-electron chi connectivity index (χ4n) is 0.637. The topological polar surface area (TPSA) is 0 Å². The average Bonchev–Trinajstić information content (AvgIpc) is 2.21. The molecule has 0 unspecified atom stereocenters. The zero-order valence-corrected chi connectivity index (χ0v) is 9.17. The fraction of sp³-hybridized carbons (Fsp3) is 0.0769. The van der Waals surface area contributed by atoms with Crippen LogP contribution >= 0.6 is 11.6 Å². The first-order valence-electron chi connectivity index (χ1n) is 4.30. The molecule has 0 N–H and O–H groups in total. The predicted molar refractivity (Wildman–Crippen MR) is 66.3 cm³/mol. The summed E-state index contributed by atoms with van der Waals surface area (Å²) in [6.45, 7) is 8.93. The first kappa shape index (κ1) is 12.7. The van der Waals surface area contributed by atoms with Crippen LogP contribution in [0.1, 0.15) is 12.5 Å². The van der Waals surface area contributed by atoms with Gasteiger partial charge >= 0.3 is 0 Å². The highest BCUT2D eigenvalue weighted by atomic mass is 35.5. The van der Waals surface area contributed by atoms with Gasteiger partial charge in [-0.3, -0.25) is 0 Å². The molecule has 74 valence electrons. The van der Waals surface area contributed by atoms with Gasteiger partial charge in [0.1, 0.15) is 0 Å². The molecule has 0 heterocycles. The van der Waals surface area contributed by atoms with E-state index in [0.717, 1.165) is 11.1 Å². The molecule has 0 saturated heterocycles. The minimum Gasteiger partial charge on any atom is -0.0988 e. The summed E-state index contributed by atoms with van der Waals surface area (Å²) >= 11 is 5.36. The summed E-state index contributed by atoms with van der Waals surface area (Å²) in [5.41, 5.74) is 3.66. The Morgan fingerprint density at radius 1 is 1.29 bits per heavy atom. The van der Waals surface area contributed by atoms with Gasteiger partial charge in [0.15, 0.2) is 0 Å². The SMILES string of the molecule is C=CC(=C)C.ClC=Cc1ccccc1. The minimum atomic E-state index is 1.02. The van der Waals surface area contributed by atoms with Gasteiger partial charge in [0.25, 0.3) is 0 Å². The van der Waals surface area contributed by atoms with Crippen molar-refractivity contribution in [3.63, 3.8) is 0 Å². The highest BCUT2D eigenvalue weighted by molar-refractivity contribution is 6.27. The quantitative estimate of drug-likeness (QED) is 0.619. The molecule has 1 aromatic carbocycles. The van der Waals surface area contributed by atoms with E-state index in [1.807, 2.05) is 43.3 Å². The van der Waals surface area contributed by atoms with E-state index in [1.54, 1.807) is 6.08 Å². The van der Waals surface area contributed by atoms with E-state index in [4.69, 9.17) is 11.6 Å². The van der Waals surface area contributed by atoms with Crippen molar-refractivity contribution in [2.24, 2.45) is 0 Å². The zero-order chi connectivity index (χ0) is 10.8. The Balaban J connectivity index is 0.000000292. The van der Waals surface area contributed by atoms with E-state index >= 15 is 0 Å². The van der Waals surface area contributed by atoms with Gasteiger partial charge in [0.05, 0.1) is 0 Å². The van der Waals surface area contributed by atoms with Crippen LogP contribution in [-0.2, 0) is 0 Å². The molecule has 0 aromatic heterocycles. The normalized spacial score (nSPS) is 9.00. The molecule has 0 aliphatic rings. The lowest BCUT2D eigenvalue weighted by Crippen LogP contribution is -1.64. The highest BCUT2D eigenvalue weighted by Crippen LogP contribution is 2.00. The number of benzene rings is 1. The summed E-state index contributed by atoms with van der Waals surface area (Å²) in [6, 6.07) is 9.93. The molecule has 0 fully saturated rings. The maximum Gasteiger partial charge on any atom is 0.00484 e. The van der Waals surface area contributed by atoms with Crippen LogP contribution in [0.4, 0.5) is 0 Å². The largest absolute Gasteiger partial charge is 0.0988 e. The van der Waals surface area contributed by atoms with Crippen molar-refractivity contribution in [3.8, 4) is 0 Å². The van der Waals surface area contributed by atoms with Gasteiger partial charge < -0.3 is 0 Å². The van der Waals surface area contributed by atoms with Gasteiger partial charge in [0.2, 0.25) is 0 Å².